The van der Waals surface area contributed by atoms with Crippen molar-refractivity contribution in [3.05, 3.63) is 0 Å². The predicted molar refractivity (Wildman–Crippen MR) is 102 cm³/mol. The van der Waals surface area contributed by atoms with E-state index in [4.69, 9.17) is 23.7 Å². The van der Waals surface area contributed by atoms with Crippen LogP contribution < -0.4 is 0 Å². The Morgan fingerprint density at radius 3 is 1.42 bits per heavy atom. The molecule has 0 aliphatic carbocycles. The second kappa shape index (κ2) is 13.2. The molecule has 12 heteroatoms. The molecule has 0 spiro atoms. The molecule has 1 amide bonds. The molecule has 12 nitrogen and oxygen atoms in total. The molecule has 0 aromatic rings. The van der Waals surface area contributed by atoms with Crippen LogP contribution in [0.3, 0.4) is 0 Å². The lowest BCUT2D eigenvalue weighted by atomic mass is 9.99. The van der Waals surface area contributed by atoms with Crippen LogP contribution >= 0.6 is 0 Å². The summed E-state index contributed by atoms with van der Waals surface area (Å²) in [6.45, 7) is 5.71. The summed E-state index contributed by atoms with van der Waals surface area (Å²) in [6.07, 6.45) is -4.35. The number of esters is 5. The third-order valence-electron chi connectivity index (χ3n) is 3.89. The number of carbonyl (C=O) groups excluding carboxylic acids is 6. The number of carbonyl (C=O) groups is 6. The molecule has 0 aromatic heterocycles. The van der Waals surface area contributed by atoms with Crippen LogP contribution in [0.2, 0.25) is 0 Å². The first kappa shape index (κ1) is 27.8. The Kier molecular flexibility index (Phi) is 11.8. The fourth-order valence-electron chi connectivity index (χ4n) is 2.57. The zero-order chi connectivity index (χ0) is 24.3. The van der Waals surface area contributed by atoms with Crippen LogP contribution in [0, 0.1) is 0 Å². The maximum atomic E-state index is 12.0. The van der Waals surface area contributed by atoms with Crippen LogP contribution in [-0.2, 0) is 52.5 Å². The minimum absolute atomic E-state index is 0.429. The van der Waals surface area contributed by atoms with Crippen LogP contribution in [0.4, 0.5) is 0 Å². The molecule has 0 aliphatic rings. The predicted octanol–water partition coefficient (Wildman–Crippen LogP) is -0.245. The van der Waals surface area contributed by atoms with Gasteiger partial charge in [0, 0.05) is 48.6 Å². The second-order valence-electron chi connectivity index (χ2n) is 6.60. The van der Waals surface area contributed by atoms with Gasteiger partial charge in [-0.15, -0.1) is 0 Å². The monoisotopic (exact) mass is 447 g/mol. The quantitative estimate of drug-likeness (QED) is 0.304. The van der Waals surface area contributed by atoms with Gasteiger partial charge < -0.3 is 28.6 Å². The summed E-state index contributed by atoms with van der Waals surface area (Å²) >= 11 is 0. The first-order chi connectivity index (χ1) is 14.3. The van der Waals surface area contributed by atoms with Gasteiger partial charge in [-0.2, -0.15) is 0 Å². The lowest BCUT2D eigenvalue weighted by Gasteiger charge is -2.38. The highest BCUT2D eigenvalue weighted by atomic mass is 16.6. The van der Waals surface area contributed by atoms with Crippen molar-refractivity contribution >= 4 is 35.8 Å². The molecule has 0 aromatic carbocycles. The molecule has 0 saturated carbocycles. The molecule has 0 radical (unpaired) electrons. The van der Waals surface area contributed by atoms with Gasteiger partial charge in [-0.25, -0.2) is 0 Å². The number of hydrogen-bond acceptors (Lipinski definition) is 11. The molecule has 0 saturated heterocycles. The van der Waals surface area contributed by atoms with Gasteiger partial charge in [0.25, 0.3) is 0 Å². The van der Waals surface area contributed by atoms with Gasteiger partial charge in [0.2, 0.25) is 5.91 Å². The van der Waals surface area contributed by atoms with Crippen molar-refractivity contribution in [3.8, 4) is 0 Å². The smallest absolute Gasteiger partial charge is 0.303 e. The molecule has 176 valence electrons. The normalized spacial score (nSPS) is 14.2. The van der Waals surface area contributed by atoms with Gasteiger partial charge in [-0.3, -0.25) is 28.8 Å². The highest BCUT2D eigenvalue weighted by molar-refractivity contribution is 5.74. The van der Waals surface area contributed by atoms with E-state index in [-0.39, 0.29) is 0 Å². The number of rotatable bonds is 11. The lowest BCUT2D eigenvalue weighted by molar-refractivity contribution is -0.197. The number of nitrogens with zero attached hydrogens (tertiary/aromatic N) is 1. The molecule has 31 heavy (non-hydrogen) atoms. The molecule has 0 heterocycles. The van der Waals surface area contributed by atoms with E-state index in [2.05, 4.69) is 0 Å². The van der Waals surface area contributed by atoms with E-state index in [1.54, 1.807) is 0 Å². The van der Waals surface area contributed by atoms with E-state index in [1.165, 1.54) is 14.0 Å². The Labute approximate surface area is 180 Å². The molecule has 0 fully saturated rings. The molecular weight excluding hydrogens is 418 g/mol. The number of ether oxygens (including phenoxy) is 5. The summed E-state index contributed by atoms with van der Waals surface area (Å²) in [4.78, 5) is 71.0. The summed E-state index contributed by atoms with van der Waals surface area (Å²) in [5.41, 5.74) is 0. The van der Waals surface area contributed by atoms with Gasteiger partial charge in [-0.05, 0) is 0 Å². The first-order valence-corrected chi connectivity index (χ1v) is 9.28. The Morgan fingerprint density at radius 2 is 1.03 bits per heavy atom. The molecule has 0 rings (SSSR count). The highest BCUT2D eigenvalue weighted by Gasteiger charge is 2.44. The van der Waals surface area contributed by atoms with Gasteiger partial charge in [0.1, 0.15) is 19.3 Å². The Hall–Kier alpha value is -3.18. The summed E-state index contributed by atoms with van der Waals surface area (Å²) < 4.78 is 25.6. The molecule has 0 aliphatic heterocycles. The molecular formula is C19H29NO11. The summed E-state index contributed by atoms with van der Waals surface area (Å²) in [7, 11) is 1.35. The Bertz CT molecular complexity index is 690. The lowest BCUT2D eigenvalue weighted by Crippen LogP contribution is -2.58. The molecule has 4 atom stereocenters. The van der Waals surface area contributed by atoms with Crippen LogP contribution in [0.5, 0.6) is 0 Å². The molecule has 0 N–H and O–H groups in total. The van der Waals surface area contributed by atoms with Gasteiger partial charge in [0.05, 0.1) is 0 Å². The summed E-state index contributed by atoms with van der Waals surface area (Å²) in [5, 5.41) is 0. The van der Waals surface area contributed by atoms with Crippen molar-refractivity contribution in [2.75, 3.05) is 20.3 Å². The fraction of sp³-hybridized carbons (Fsp3) is 0.684. The van der Waals surface area contributed by atoms with E-state index >= 15 is 0 Å². The standard InChI is InChI=1S/C19H29NO11/c1-10(21)20(7)16(8-27-11(2)22)18(30-14(5)25)19(31-15(6)26)17(29-13(4)24)9-28-12(3)23/h16-19H,8-9H2,1-7H3/t16-,17+,18+,19+/m0/s1. The van der Waals surface area contributed by atoms with E-state index in [0.29, 0.717) is 0 Å². The summed E-state index contributed by atoms with van der Waals surface area (Å²) in [6, 6.07) is -1.13. The third kappa shape index (κ3) is 11.0. The van der Waals surface area contributed by atoms with E-state index in [0.717, 1.165) is 39.5 Å². The van der Waals surface area contributed by atoms with Crippen molar-refractivity contribution in [1.29, 1.82) is 0 Å². The Balaban J connectivity index is 6.40. The zero-order valence-corrected chi connectivity index (χ0v) is 18.7. The van der Waals surface area contributed by atoms with Crippen molar-refractivity contribution in [1.82, 2.24) is 4.90 Å². The largest absolute Gasteiger partial charge is 0.464 e. The average molecular weight is 447 g/mol. The van der Waals surface area contributed by atoms with Crippen molar-refractivity contribution in [3.63, 3.8) is 0 Å². The SMILES string of the molecule is CC(=O)OC[C@@H](OC(C)=O)[C@@H](OC(C)=O)[C@H](OC(C)=O)[C@H](COC(C)=O)N(C)C(C)=O. The summed E-state index contributed by atoms with van der Waals surface area (Å²) in [5.74, 6) is -4.32. The van der Waals surface area contributed by atoms with Crippen LogP contribution in [0.1, 0.15) is 41.5 Å². The Morgan fingerprint density at radius 1 is 0.613 bits per heavy atom. The number of likely N-dealkylation sites (N-methyl/N-ethyl adjacent to an activating group) is 1. The van der Waals surface area contributed by atoms with Crippen LogP contribution in [0.15, 0.2) is 0 Å². The van der Waals surface area contributed by atoms with Crippen LogP contribution in [0.25, 0.3) is 0 Å². The van der Waals surface area contributed by atoms with E-state index in [1.807, 2.05) is 0 Å². The van der Waals surface area contributed by atoms with Gasteiger partial charge in [0.15, 0.2) is 18.3 Å². The molecule has 0 bridgehead atoms. The minimum Gasteiger partial charge on any atom is -0.464 e. The highest BCUT2D eigenvalue weighted by Crippen LogP contribution is 2.21. The third-order valence-corrected chi connectivity index (χ3v) is 3.89. The van der Waals surface area contributed by atoms with E-state index < -0.39 is 73.3 Å². The first-order valence-electron chi connectivity index (χ1n) is 9.28. The van der Waals surface area contributed by atoms with Gasteiger partial charge in [-0.1, -0.05) is 0 Å². The molecule has 0 unspecified atom stereocenters. The maximum absolute atomic E-state index is 12.0. The number of hydrogen-bond donors (Lipinski definition) is 0. The van der Waals surface area contributed by atoms with Crippen LogP contribution in [-0.4, -0.2) is 85.3 Å². The second-order valence-corrected chi connectivity index (χ2v) is 6.60. The van der Waals surface area contributed by atoms with Crippen molar-refractivity contribution in [2.24, 2.45) is 0 Å². The van der Waals surface area contributed by atoms with Crippen molar-refractivity contribution in [2.45, 2.75) is 65.9 Å². The maximum Gasteiger partial charge on any atom is 0.303 e. The fourth-order valence-corrected chi connectivity index (χ4v) is 2.57. The van der Waals surface area contributed by atoms with Gasteiger partial charge >= 0.3 is 29.8 Å². The number of amides is 1. The topological polar surface area (TPSA) is 152 Å². The van der Waals surface area contributed by atoms with E-state index in [9.17, 15) is 28.8 Å². The van der Waals surface area contributed by atoms with Crippen molar-refractivity contribution < 1.29 is 52.5 Å². The minimum atomic E-state index is -1.51. The average Bonchev–Trinajstić information content (AvgIpc) is 2.61. The zero-order valence-electron chi connectivity index (χ0n) is 18.7.